The van der Waals surface area contributed by atoms with E-state index in [9.17, 15) is 9.59 Å². The molecule has 80 valence electrons. The minimum absolute atomic E-state index is 0.493. The van der Waals surface area contributed by atoms with E-state index in [1.807, 2.05) is 0 Å². The second kappa shape index (κ2) is 4.56. The van der Waals surface area contributed by atoms with E-state index in [2.05, 4.69) is 0 Å². The summed E-state index contributed by atoms with van der Waals surface area (Å²) in [5.41, 5.74) is 6.07. The molecule has 4 N–H and O–H groups in total. The quantitative estimate of drug-likeness (QED) is 0.626. The van der Waals surface area contributed by atoms with E-state index < -0.39 is 23.9 Å². The molecule has 0 aliphatic carbocycles. The molecule has 0 bridgehead atoms. The van der Waals surface area contributed by atoms with Crippen LogP contribution in [0.1, 0.15) is 11.6 Å². The van der Waals surface area contributed by atoms with Gasteiger partial charge >= 0.3 is 11.9 Å². The van der Waals surface area contributed by atoms with Gasteiger partial charge in [-0.3, -0.25) is 9.59 Å². The minimum atomic E-state index is -1.62. The van der Waals surface area contributed by atoms with Crippen molar-refractivity contribution in [2.45, 2.75) is 6.04 Å². The van der Waals surface area contributed by atoms with E-state index in [4.69, 9.17) is 15.9 Å². The third kappa shape index (κ3) is 2.54. The molecule has 0 aromatic heterocycles. The molecule has 0 aliphatic rings. The first-order chi connectivity index (χ1) is 7.04. The van der Waals surface area contributed by atoms with Crippen LogP contribution in [-0.2, 0) is 9.59 Å². The second-order valence-corrected chi connectivity index (χ2v) is 3.09. The van der Waals surface area contributed by atoms with Gasteiger partial charge in [-0.15, -0.1) is 0 Å². The molecule has 1 atom stereocenters. The Morgan fingerprint density at radius 1 is 1.07 bits per heavy atom. The zero-order chi connectivity index (χ0) is 11.4. The van der Waals surface area contributed by atoms with Gasteiger partial charge in [-0.2, -0.15) is 0 Å². The SMILES string of the molecule is NC(c1ccccc1)C(C(=O)O)C(=O)O. The van der Waals surface area contributed by atoms with E-state index in [1.54, 1.807) is 30.3 Å². The first-order valence-corrected chi connectivity index (χ1v) is 4.30. The van der Waals surface area contributed by atoms with Crippen molar-refractivity contribution in [3.63, 3.8) is 0 Å². The number of carboxylic acid groups (broad SMARTS) is 2. The Labute approximate surface area is 86.1 Å². The molecule has 5 nitrogen and oxygen atoms in total. The van der Waals surface area contributed by atoms with Crippen LogP contribution in [0.25, 0.3) is 0 Å². The molecule has 5 heteroatoms. The molecule has 1 aromatic carbocycles. The van der Waals surface area contributed by atoms with Crippen molar-refractivity contribution < 1.29 is 19.8 Å². The third-order valence-electron chi connectivity index (χ3n) is 2.08. The van der Waals surface area contributed by atoms with Crippen molar-refractivity contribution >= 4 is 11.9 Å². The largest absolute Gasteiger partial charge is 0.481 e. The van der Waals surface area contributed by atoms with Gasteiger partial charge in [-0.25, -0.2) is 0 Å². The Morgan fingerprint density at radius 3 is 1.93 bits per heavy atom. The van der Waals surface area contributed by atoms with E-state index in [0.717, 1.165) is 0 Å². The summed E-state index contributed by atoms with van der Waals surface area (Å²) in [7, 11) is 0. The number of carboxylic acids is 2. The van der Waals surface area contributed by atoms with Gasteiger partial charge in [0.25, 0.3) is 0 Å². The summed E-state index contributed by atoms with van der Waals surface area (Å²) >= 11 is 0. The molecule has 0 amide bonds. The van der Waals surface area contributed by atoms with Crippen LogP contribution in [0.3, 0.4) is 0 Å². The van der Waals surface area contributed by atoms with E-state index in [0.29, 0.717) is 5.56 Å². The monoisotopic (exact) mass is 209 g/mol. The van der Waals surface area contributed by atoms with Crippen LogP contribution in [0.15, 0.2) is 30.3 Å². The Hall–Kier alpha value is -1.88. The lowest BCUT2D eigenvalue weighted by Gasteiger charge is -2.16. The average Bonchev–Trinajstić information content (AvgIpc) is 2.18. The highest BCUT2D eigenvalue weighted by atomic mass is 16.4. The number of nitrogens with two attached hydrogens (primary N) is 1. The van der Waals surface area contributed by atoms with Gasteiger partial charge in [0, 0.05) is 0 Å². The topological polar surface area (TPSA) is 101 Å². The molecule has 1 rings (SSSR count). The van der Waals surface area contributed by atoms with Crippen LogP contribution < -0.4 is 5.73 Å². The Morgan fingerprint density at radius 2 is 1.53 bits per heavy atom. The fourth-order valence-corrected chi connectivity index (χ4v) is 1.28. The summed E-state index contributed by atoms with van der Waals surface area (Å²) < 4.78 is 0. The smallest absolute Gasteiger partial charge is 0.319 e. The minimum Gasteiger partial charge on any atom is -0.481 e. The number of rotatable bonds is 4. The van der Waals surface area contributed by atoms with Crippen LogP contribution in [0.2, 0.25) is 0 Å². The zero-order valence-electron chi connectivity index (χ0n) is 7.83. The highest BCUT2D eigenvalue weighted by Gasteiger charge is 2.33. The van der Waals surface area contributed by atoms with Crippen molar-refractivity contribution in [2.24, 2.45) is 11.7 Å². The van der Waals surface area contributed by atoms with Gasteiger partial charge in [0.15, 0.2) is 5.92 Å². The molecule has 0 fully saturated rings. The summed E-state index contributed by atoms with van der Waals surface area (Å²) in [6.45, 7) is 0. The van der Waals surface area contributed by atoms with Crippen LogP contribution >= 0.6 is 0 Å². The fourth-order valence-electron chi connectivity index (χ4n) is 1.28. The highest BCUT2D eigenvalue weighted by molar-refractivity contribution is 5.93. The van der Waals surface area contributed by atoms with E-state index >= 15 is 0 Å². The van der Waals surface area contributed by atoms with Gasteiger partial charge in [0.2, 0.25) is 0 Å². The highest BCUT2D eigenvalue weighted by Crippen LogP contribution is 2.19. The molecule has 0 spiro atoms. The first-order valence-electron chi connectivity index (χ1n) is 4.30. The third-order valence-corrected chi connectivity index (χ3v) is 2.08. The lowest BCUT2D eigenvalue weighted by molar-refractivity contribution is -0.155. The Bertz CT molecular complexity index is 349. The molecule has 0 radical (unpaired) electrons. The van der Waals surface area contributed by atoms with Crippen molar-refractivity contribution in [1.29, 1.82) is 0 Å². The predicted molar refractivity (Wildman–Crippen MR) is 52.1 cm³/mol. The molecule has 0 saturated heterocycles. The summed E-state index contributed by atoms with van der Waals surface area (Å²) in [5, 5.41) is 17.4. The van der Waals surface area contributed by atoms with E-state index in [1.165, 1.54) is 0 Å². The maximum absolute atomic E-state index is 10.7. The van der Waals surface area contributed by atoms with Crippen LogP contribution in [0.4, 0.5) is 0 Å². The van der Waals surface area contributed by atoms with E-state index in [-0.39, 0.29) is 0 Å². The maximum Gasteiger partial charge on any atom is 0.319 e. The summed E-state index contributed by atoms with van der Waals surface area (Å²) in [4.78, 5) is 21.4. The average molecular weight is 209 g/mol. The maximum atomic E-state index is 10.7. The van der Waals surface area contributed by atoms with Gasteiger partial charge in [0.05, 0.1) is 6.04 Å². The lowest BCUT2D eigenvalue weighted by Crippen LogP contribution is -2.34. The Kier molecular flexibility index (Phi) is 3.41. The Balaban J connectivity index is 2.96. The lowest BCUT2D eigenvalue weighted by atomic mass is 9.94. The number of hydrogen-bond donors (Lipinski definition) is 3. The number of benzene rings is 1. The predicted octanol–water partition coefficient (Wildman–Crippen LogP) is 0.472. The molecule has 0 heterocycles. The van der Waals surface area contributed by atoms with Crippen molar-refractivity contribution in [1.82, 2.24) is 0 Å². The normalized spacial score (nSPS) is 12.4. The van der Waals surface area contributed by atoms with Crippen LogP contribution in [-0.4, -0.2) is 22.2 Å². The van der Waals surface area contributed by atoms with Gasteiger partial charge in [-0.1, -0.05) is 30.3 Å². The van der Waals surface area contributed by atoms with Gasteiger partial charge in [-0.05, 0) is 5.56 Å². The van der Waals surface area contributed by atoms with Crippen LogP contribution in [0, 0.1) is 5.92 Å². The number of aliphatic carboxylic acids is 2. The van der Waals surface area contributed by atoms with Crippen molar-refractivity contribution in [3.05, 3.63) is 35.9 Å². The second-order valence-electron chi connectivity index (χ2n) is 3.09. The summed E-state index contributed by atoms with van der Waals surface area (Å²) in [6.07, 6.45) is 0. The number of carbonyl (C=O) groups is 2. The molecular formula is C10H11NO4. The fraction of sp³-hybridized carbons (Fsp3) is 0.200. The molecule has 1 unspecified atom stereocenters. The molecule has 0 aliphatic heterocycles. The summed E-state index contributed by atoms with van der Waals surface area (Å²) in [6, 6.07) is 7.26. The zero-order valence-corrected chi connectivity index (χ0v) is 7.83. The van der Waals surface area contributed by atoms with Crippen LogP contribution in [0.5, 0.6) is 0 Å². The molecule has 1 aromatic rings. The molecule has 15 heavy (non-hydrogen) atoms. The molecule has 0 saturated carbocycles. The standard InChI is InChI=1S/C10H11NO4/c11-8(6-4-2-1-3-5-6)7(9(12)13)10(14)15/h1-5,7-8H,11H2,(H,12,13)(H,14,15). The summed E-state index contributed by atoms with van der Waals surface area (Å²) in [5.74, 6) is -4.48. The van der Waals surface area contributed by atoms with Gasteiger partial charge < -0.3 is 15.9 Å². The van der Waals surface area contributed by atoms with Crippen molar-refractivity contribution in [2.75, 3.05) is 0 Å². The number of hydrogen-bond acceptors (Lipinski definition) is 3. The molecular weight excluding hydrogens is 198 g/mol. The van der Waals surface area contributed by atoms with Gasteiger partial charge in [0.1, 0.15) is 0 Å². The van der Waals surface area contributed by atoms with Crippen molar-refractivity contribution in [3.8, 4) is 0 Å². The first kappa shape index (κ1) is 11.2.